The number of carbonyl (C=O) groups excluding carboxylic acids is 1. The summed E-state index contributed by atoms with van der Waals surface area (Å²) < 4.78 is 0. The van der Waals surface area contributed by atoms with Gasteiger partial charge in [-0.25, -0.2) is 4.98 Å². The fraction of sp³-hybridized carbons (Fsp3) is 0.286. The zero-order valence-corrected chi connectivity index (χ0v) is 10.4. The Morgan fingerprint density at radius 1 is 1.39 bits per heavy atom. The molecule has 0 spiro atoms. The molecule has 0 aliphatic heterocycles. The number of nitrogens with zero attached hydrogens (tertiary/aromatic N) is 1. The molecule has 1 heterocycles. The molecule has 0 atom stereocenters. The van der Waals surface area contributed by atoms with E-state index in [1.165, 1.54) is 0 Å². The SMILES string of the molecule is CCc1ccccc1C(=O)NCCc1cnc[nH]1. The molecule has 94 valence electrons. The van der Waals surface area contributed by atoms with Gasteiger partial charge in [-0.05, 0) is 18.1 Å². The largest absolute Gasteiger partial charge is 0.352 e. The summed E-state index contributed by atoms with van der Waals surface area (Å²) in [6.07, 6.45) is 5.04. The van der Waals surface area contributed by atoms with Crippen molar-refractivity contribution in [2.75, 3.05) is 6.54 Å². The molecule has 0 bridgehead atoms. The monoisotopic (exact) mass is 243 g/mol. The van der Waals surface area contributed by atoms with Gasteiger partial charge in [-0.15, -0.1) is 0 Å². The van der Waals surface area contributed by atoms with Crippen LogP contribution in [0.2, 0.25) is 0 Å². The summed E-state index contributed by atoms with van der Waals surface area (Å²) in [7, 11) is 0. The minimum Gasteiger partial charge on any atom is -0.352 e. The molecule has 18 heavy (non-hydrogen) atoms. The van der Waals surface area contributed by atoms with Crippen LogP contribution < -0.4 is 5.32 Å². The standard InChI is InChI=1S/C14H17N3O/c1-2-11-5-3-4-6-13(11)14(18)16-8-7-12-9-15-10-17-12/h3-6,9-10H,2,7-8H2,1H3,(H,15,17)(H,16,18). The van der Waals surface area contributed by atoms with Gasteiger partial charge in [0.2, 0.25) is 0 Å². The first-order chi connectivity index (χ1) is 8.81. The van der Waals surface area contributed by atoms with E-state index in [2.05, 4.69) is 22.2 Å². The van der Waals surface area contributed by atoms with Gasteiger partial charge in [0.1, 0.15) is 0 Å². The summed E-state index contributed by atoms with van der Waals surface area (Å²) in [5, 5.41) is 2.93. The Morgan fingerprint density at radius 2 is 2.22 bits per heavy atom. The minimum absolute atomic E-state index is 0.00744. The molecule has 0 saturated heterocycles. The molecule has 1 amide bonds. The first-order valence-electron chi connectivity index (χ1n) is 6.14. The second-order valence-electron chi connectivity index (χ2n) is 4.09. The lowest BCUT2D eigenvalue weighted by atomic mass is 10.0. The van der Waals surface area contributed by atoms with Crippen molar-refractivity contribution < 1.29 is 4.79 Å². The highest BCUT2D eigenvalue weighted by Crippen LogP contribution is 2.09. The van der Waals surface area contributed by atoms with Crippen molar-refractivity contribution in [1.29, 1.82) is 0 Å². The second kappa shape index (κ2) is 6.00. The van der Waals surface area contributed by atoms with Crippen LogP contribution in [0.15, 0.2) is 36.8 Å². The van der Waals surface area contributed by atoms with Crippen molar-refractivity contribution in [2.24, 2.45) is 0 Å². The number of imidazole rings is 1. The molecule has 0 aliphatic rings. The van der Waals surface area contributed by atoms with E-state index in [4.69, 9.17) is 0 Å². The van der Waals surface area contributed by atoms with Crippen LogP contribution in [0.25, 0.3) is 0 Å². The quantitative estimate of drug-likeness (QED) is 0.843. The summed E-state index contributed by atoms with van der Waals surface area (Å²) in [5.41, 5.74) is 2.88. The van der Waals surface area contributed by atoms with Crippen molar-refractivity contribution in [3.63, 3.8) is 0 Å². The minimum atomic E-state index is -0.00744. The topological polar surface area (TPSA) is 57.8 Å². The van der Waals surface area contributed by atoms with Gasteiger partial charge in [-0.3, -0.25) is 4.79 Å². The predicted molar refractivity (Wildman–Crippen MR) is 70.4 cm³/mol. The number of hydrogen-bond acceptors (Lipinski definition) is 2. The van der Waals surface area contributed by atoms with Gasteiger partial charge < -0.3 is 10.3 Å². The third-order valence-electron chi connectivity index (χ3n) is 2.88. The third-order valence-corrected chi connectivity index (χ3v) is 2.88. The van der Waals surface area contributed by atoms with Crippen molar-refractivity contribution in [2.45, 2.75) is 19.8 Å². The molecule has 4 nitrogen and oxygen atoms in total. The molecule has 2 aromatic rings. The lowest BCUT2D eigenvalue weighted by Gasteiger charge is -2.08. The summed E-state index contributed by atoms with van der Waals surface area (Å²) in [6.45, 7) is 2.66. The second-order valence-corrected chi connectivity index (χ2v) is 4.09. The molecule has 0 fully saturated rings. The van der Waals surface area contributed by atoms with Crippen LogP contribution in [0.4, 0.5) is 0 Å². The molecule has 0 unspecified atom stereocenters. The van der Waals surface area contributed by atoms with Gasteiger partial charge in [0.05, 0.1) is 6.33 Å². The molecule has 0 aliphatic carbocycles. The third kappa shape index (κ3) is 2.97. The van der Waals surface area contributed by atoms with Crippen molar-refractivity contribution in [1.82, 2.24) is 15.3 Å². The maximum atomic E-state index is 12.0. The highest BCUT2D eigenvalue weighted by Gasteiger charge is 2.08. The van der Waals surface area contributed by atoms with E-state index in [0.29, 0.717) is 6.54 Å². The van der Waals surface area contributed by atoms with Gasteiger partial charge in [-0.2, -0.15) is 0 Å². The van der Waals surface area contributed by atoms with Crippen LogP contribution in [0, 0.1) is 0 Å². The summed E-state index contributed by atoms with van der Waals surface area (Å²) in [5.74, 6) is -0.00744. The van der Waals surface area contributed by atoms with Gasteiger partial charge in [0, 0.05) is 30.4 Å². The van der Waals surface area contributed by atoms with Crippen molar-refractivity contribution in [3.8, 4) is 0 Å². The Bertz CT molecular complexity index is 506. The Labute approximate surface area is 106 Å². The Hall–Kier alpha value is -2.10. The number of aryl methyl sites for hydroxylation is 1. The molecule has 2 N–H and O–H groups in total. The number of carbonyl (C=O) groups is 1. The number of amides is 1. The zero-order chi connectivity index (χ0) is 12.8. The van der Waals surface area contributed by atoms with E-state index in [1.807, 2.05) is 24.3 Å². The zero-order valence-electron chi connectivity index (χ0n) is 10.4. The van der Waals surface area contributed by atoms with Gasteiger partial charge >= 0.3 is 0 Å². The van der Waals surface area contributed by atoms with E-state index in [0.717, 1.165) is 29.7 Å². The highest BCUT2D eigenvalue weighted by atomic mass is 16.1. The fourth-order valence-corrected chi connectivity index (χ4v) is 1.88. The average Bonchev–Trinajstić information content (AvgIpc) is 2.91. The molecular weight excluding hydrogens is 226 g/mol. The Morgan fingerprint density at radius 3 is 2.94 bits per heavy atom. The number of rotatable bonds is 5. The van der Waals surface area contributed by atoms with Crippen LogP contribution in [0.3, 0.4) is 0 Å². The van der Waals surface area contributed by atoms with E-state index in [-0.39, 0.29) is 5.91 Å². The van der Waals surface area contributed by atoms with E-state index >= 15 is 0 Å². The van der Waals surface area contributed by atoms with Crippen LogP contribution in [-0.4, -0.2) is 22.4 Å². The normalized spacial score (nSPS) is 10.3. The number of aromatic amines is 1. The van der Waals surface area contributed by atoms with Crippen LogP contribution in [0.1, 0.15) is 28.5 Å². The number of benzene rings is 1. The average molecular weight is 243 g/mol. The van der Waals surface area contributed by atoms with Gasteiger partial charge in [0.25, 0.3) is 5.91 Å². The Balaban J connectivity index is 1.91. The maximum absolute atomic E-state index is 12.0. The van der Waals surface area contributed by atoms with E-state index in [9.17, 15) is 4.79 Å². The van der Waals surface area contributed by atoms with Gasteiger partial charge in [-0.1, -0.05) is 25.1 Å². The number of aromatic nitrogens is 2. The molecular formula is C14H17N3O. The number of hydrogen-bond donors (Lipinski definition) is 2. The molecule has 1 aromatic heterocycles. The van der Waals surface area contributed by atoms with Crippen molar-refractivity contribution in [3.05, 3.63) is 53.6 Å². The molecule has 1 aromatic carbocycles. The van der Waals surface area contributed by atoms with Crippen LogP contribution in [0.5, 0.6) is 0 Å². The number of H-pyrrole nitrogens is 1. The molecule has 2 rings (SSSR count). The summed E-state index contributed by atoms with van der Waals surface area (Å²) >= 11 is 0. The van der Waals surface area contributed by atoms with Crippen molar-refractivity contribution >= 4 is 5.91 Å². The molecule has 4 heteroatoms. The number of nitrogens with one attached hydrogen (secondary N) is 2. The first kappa shape index (κ1) is 12.4. The summed E-state index contributed by atoms with van der Waals surface area (Å²) in [4.78, 5) is 19.0. The lowest BCUT2D eigenvalue weighted by Crippen LogP contribution is -2.26. The van der Waals surface area contributed by atoms with E-state index < -0.39 is 0 Å². The molecule has 0 radical (unpaired) electrons. The smallest absolute Gasteiger partial charge is 0.251 e. The Kier molecular flexibility index (Phi) is 4.12. The van der Waals surface area contributed by atoms with Crippen LogP contribution >= 0.6 is 0 Å². The first-order valence-corrected chi connectivity index (χ1v) is 6.14. The fourth-order valence-electron chi connectivity index (χ4n) is 1.88. The maximum Gasteiger partial charge on any atom is 0.251 e. The summed E-state index contributed by atoms with van der Waals surface area (Å²) in [6, 6.07) is 7.71. The predicted octanol–water partition coefficient (Wildman–Crippen LogP) is 1.94. The molecule has 0 saturated carbocycles. The van der Waals surface area contributed by atoms with Crippen LogP contribution in [-0.2, 0) is 12.8 Å². The lowest BCUT2D eigenvalue weighted by molar-refractivity contribution is 0.0953. The highest BCUT2D eigenvalue weighted by molar-refractivity contribution is 5.95. The van der Waals surface area contributed by atoms with Gasteiger partial charge in [0.15, 0.2) is 0 Å². The van der Waals surface area contributed by atoms with E-state index in [1.54, 1.807) is 12.5 Å².